The van der Waals surface area contributed by atoms with E-state index in [0.717, 1.165) is 0 Å². The normalized spacial score (nSPS) is 20.2. The summed E-state index contributed by atoms with van der Waals surface area (Å²) in [5, 5.41) is 9.30. The summed E-state index contributed by atoms with van der Waals surface area (Å²) in [6, 6.07) is 8.44. The van der Waals surface area contributed by atoms with E-state index in [1.807, 2.05) is 0 Å². The van der Waals surface area contributed by atoms with Crippen molar-refractivity contribution in [3.05, 3.63) is 53.1 Å². The molecule has 124 valence electrons. The average Bonchev–Trinajstić information content (AvgIpc) is 2.45. The first kappa shape index (κ1) is 17.1. The lowest BCUT2D eigenvalue weighted by molar-refractivity contribution is -0.139. The topological polar surface area (TPSA) is 92.7 Å². The number of carboxylic acids is 1. The van der Waals surface area contributed by atoms with Crippen LogP contribution in [0.2, 0.25) is 0 Å². The molecule has 2 rings (SSSR count). The van der Waals surface area contributed by atoms with Crippen LogP contribution in [0, 0.1) is 11.3 Å². The van der Waals surface area contributed by atoms with E-state index < -0.39 is 27.3 Å². The van der Waals surface area contributed by atoms with Crippen LogP contribution >= 0.6 is 0 Å². The number of sulfonamides is 1. The second-order valence-electron chi connectivity index (χ2n) is 5.79. The third kappa shape index (κ3) is 3.56. The Hall–Kier alpha value is -2.28. The van der Waals surface area contributed by atoms with Crippen LogP contribution < -0.4 is 4.72 Å². The van der Waals surface area contributed by atoms with E-state index in [4.69, 9.17) is 4.74 Å². The molecule has 0 saturated heterocycles. The summed E-state index contributed by atoms with van der Waals surface area (Å²) in [7, 11) is -2.53. The zero-order chi connectivity index (χ0) is 17.3. The molecule has 0 saturated carbocycles. The van der Waals surface area contributed by atoms with Gasteiger partial charge in [-0.1, -0.05) is 32.0 Å². The molecule has 1 aromatic rings. The van der Waals surface area contributed by atoms with Crippen molar-refractivity contribution in [3.63, 3.8) is 0 Å². The number of hydrogen-bond donors (Lipinski definition) is 2. The second kappa shape index (κ2) is 6.08. The van der Waals surface area contributed by atoms with Crippen LogP contribution in [-0.2, 0) is 19.6 Å². The summed E-state index contributed by atoms with van der Waals surface area (Å²) in [4.78, 5) is 11.4. The molecular formula is C16H19NO5S. The van der Waals surface area contributed by atoms with Gasteiger partial charge < -0.3 is 9.84 Å². The van der Waals surface area contributed by atoms with Gasteiger partial charge in [0.05, 0.1) is 12.0 Å². The molecule has 0 fully saturated rings. The number of benzene rings is 1. The number of carboxylic acid groups (broad SMARTS) is 1. The van der Waals surface area contributed by atoms with Gasteiger partial charge in [0.2, 0.25) is 0 Å². The van der Waals surface area contributed by atoms with Crippen molar-refractivity contribution in [2.24, 2.45) is 11.3 Å². The van der Waals surface area contributed by atoms with Crippen molar-refractivity contribution in [1.29, 1.82) is 0 Å². The molecule has 0 radical (unpaired) electrons. The highest BCUT2D eigenvalue weighted by atomic mass is 32.2. The second-order valence-corrected chi connectivity index (χ2v) is 7.44. The number of anilines is 1. The molecule has 0 spiro atoms. The van der Waals surface area contributed by atoms with Gasteiger partial charge in [-0.15, -0.1) is 0 Å². The van der Waals surface area contributed by atoms with Gasteiger partial charge in [-0.3, -0.25) is 9.52 Å². The fraction of sp³-hybridized carbons (Fsp3) is 0.312. The number of methoxy groups -OCH3 is 1. The number of aliphatic carboxylic acids is 1. The van der Waals surface area contributed by atoms with Crippen molar-refractivity contribution in [1.82, 2.24) is 0 Å². The highest BCUT2D eigenvalue weighted by Gasteiger charge is 2.39. The van der Waals surface area contributed by atoms with Crippen molar-refractivity contribution in [2.45, 2.75) is 13.8 Å². The summed E-state index contributed by atoms with van der Waals surface area (Å²) in [5.41, 5.74) is -0.477. The van der Waals surface area contributed by atoms with E-state index in [-0.39, 0.29) is 10.7 Å². The third-order valence-corrected chi connectivity index (χ3v) is 5.33. The molecule has 0 aromatic heterocycles. The van der Waals surface area contributed by atoms with E-state index in [1.54, 1.807) is 44.2 Å². The van der Waals surface area contributed by atoms with Crippen LogP contribution in [0.5, 0.6) is 0 Å². The predicted molar refractivity (Wildman–Crippen MR) is 87.1 cm³/mol. The molecule has 0 bridgehead atoms. The van der Waals surface area contributed by atoms with Gasteiger partial charge in [-0.05, 0) is 24.3 Å². The minimum atomic E-state index is -3.89. The molecule has 2 N–H and O–H groups in total. The van der Waals surface area contributed by atoms with Gasteiger partial charge in [-0.2, -0.15) is 0 Å². The number of hydrogen-bond acceptors (Lipinski definition) is 4. The molecule has 0 heterocycles. The molecule has 1 aromatic carbocycles. The standard InChI is InChI=1S/C16H19NO5S/c1-16(2)10-13(22-3)12(15(18)19)9-14(16)23(20,21)17-11-7-5-4-6-8-11/h4-10,12,17H,1-3H3,(H,18,19). The Morgan fingerprint density at radius 1 is 1.26 bits per heavy atom. The number of rotatable bonds is 5. The van der Waals surface area contributed by atoms with E-state index in [9.17, 15) is 18.3 Å². The highest BCUT2D eigenvalue weighted by molar-refractivity contribution is 7.96. The Balaban J connectivity index is 2.45. The van der Waals surface area contributed by atoms with Crippen LogP contribution in [0.4, 0.5) is 5.69 Å². The molecule has 1 aliphatic rings. The maximum Gasteiger partial charge on any atom is 0.318 e. The van der Waals surface area contributed by atoms with Gasteiger partial charge in [-0.25, -0.2) is 8.42 Å². The van der Waals surface area contributed by atoms with Crippen LogP contribution in [0.1, 0.15) is 13.8 Å². The van der Waals surface area contributed by atoms with Gasteiger partial charge >= 0.3 is 5.97 Å². The summed E-state index contributed by atoms with van der Waals surface area (Å²) in [6.07, 6.45) is 2.76. The largest absolute Gasteiger partial charge is 0.500 e. The number of nitrogens with one attached hydrogen (secondary N) is 1. The molecule has 23 heavy (non-hydrogen) atoms. The van der Waals surface area contributed by atoms with Gasteiger partial charge in [0, 0.05) is 11.1 Å². The van der Waals surface area contributed by atoms with Crippen LogP contribution in [-0.4, -0.2) is 26.6 Å². The van der Waals surface area contributed by atoms with E-state index in [2.05, 4.69) is 4.72 Å². The van der Waals surface area contributed by atoms with Crippen LogP contribution in [0.25, 0.3) is 0 Å². The quantitative estimate of drug-likeness (QED) is 0.861. The molecule has 0 amide bonds. The fourth-order valence-electron chi connectivity index (χ4n) is 2.50. The first-order chi connectivity index (χ1) is 10.7. The van der Waals surface area contributed by atoms with Gasteiger partial charge in [0.15, 0.2) is 0 Å². The lowest BCUT2D eigenvalue weighted by Gasteiger charge is -2.31. The molecule has 6 nitrogen and oxygen atoms in total. The van der Waals surface area contributed by atoms with Crippen molar-refractivity contribution in [3.8, 4) is 0 Å². The lowest BCUT2D eigenvalue weighted by Crippen LogP contribution is -2.31. The minimum Gasteiger partial charge on any atom is -0.500 e. The predicted octanol–water partition coefficient (Wildman–Crippen LogP) is 2.58. The number of allylic oxidation sites excluding steroid dienone is 2. The first-order valence-electron chi connectivity index (χ1n) is 6.97. The zero-order valence-electron chi connectivity index (χ0n) is 13.1. The Labute approximate surface area is 135 Å². The number of carbonyl (C=O) groups is 1. The number of ether oxygens (including phenoxy) is 1. The monoisotopic (exact) mass is 337 g/mol. The van der Waals surface area contributed by atoms with Crippen molar-refractivity contribution in [2.75, 3.05) is 11.8 Å². The van der Waals surface area contributed by atoms with Gasteiger partial charge in [0.1, 0.15) is 11.7 Å². The zero-order valence-corrected chi connectivity index (χ0v) is 13.9. The van der Waals surface area contributed by atoms with E-state index in [0.29, 0.717) is 5.69 Å². The SMILES string of the molecule is COC1=CC(C)(C)C(S(=O)(=O)Nc2ccccc2)=CC1C(=O)O. The summed E-state index contributed by atoms with van der Waals surface area (Å²) < 4.78 is 33.0. The maximum absolute atomic E-state index is 12.7. The maximum atomic E-state index is 12.7. The first-order valence-corrected chi connectivity index (χ1v) is 8.45. The molecule has 1 atom stereocenters. The van der Waals surface area contributed by atoms with Crippen LogP contribution in [0.15, 0.2) is 53.1 Å². The average molecular weight is 337 g/mol. The minimum absolute atomic E-state index is 0.00190. The lowest BCUT2D eigenvalue weighted by atomic mass is 9.83. The Morgan fingerprint density at radius 3 is 2.39 bits per heavy atom. The van der Waals surface area contributed by atoms with Gasteiger partial charge in [0.25, 0.3) is 10.0 Å². The Morgan fingerprint density at radius 2 is 1.87 bits per heavy atom. The Bertz CT molecular complexity index is 763. The van der Waals surface area contributed by atoms with E-state index in [1.165, 1.54) is 19.3 Å². The Kier molecular flexibility index (Phi) is 4.51. The highest BCUT2D eigenvalue weighted by Crippen LogP contribution is 2.40. The van der Waals surface area contributed by atoms with Crippen molar-refractivity contribution < 1.29 is 23.1 Å². The molecule has 7 heteroatoms. The molecular weight excluding hydrogens is 318 g/mol. The summed E-state index contributed by atoms with van der Waals surface area (Å²) >= 11 is 0. The number of para-hydroxylation sites is 1. The summed E-state index contributed by atoms with van der Waals surface area (Å²) in [5.74, 6) is -2.07. The molecule has 1 unspecified atom stereocenters. The fourth-order valence-corrected chi connectivity index (χ4v) is 4.12. The smallest absolute Gasteiger partial charge is 0.318 e. The third-order valence-electron chi connectivity index (χ3n) is 3.58. The van der Waals surface area contributed by atoms with E-state index >= 15 is 0 Å². The summed E-state index contributed by atoms with van der Waals surface area (Å²) in [6.45, 7) is 3.39. The molecule has 0 aliphatic heterocycles. The molecule has 1 aliphatic carbocycles. The van der Waals surface area contributed by atoms with Crippen LogP contribution in [0.3, 0.4) is 0 Å². The van der Waals surface area contributed by atoms with Crippen molar-refractivity contribution >= 4 is 21.7 Å².